The first-order valence-corrected chi connectivity index (χ1v) is 4.33. The van der Waals surface area contributed by atoms with E-state index >= 15 is 0 Å². The maximum Gasteiger partial charge on any atom is 0.323 e. The van der Waals surface area contributed by atoms with Gasteiger partial charge in [0, 0.05) is 7.05 Å². The Morgan fingerprint density at radius 1 is 1.47 bits per heavy atom. The number of amides is 1. The van der Waals surface area contributed by atoms with Gasteiger partial charge in [-0.25, -0.2) is 9.97 Å². The van der Waals surface area contributed by atoms with E-state index in [9.17, 15) is 9.59 Å². The lowest BCUT2D eigenvalue weighted by molar-refractivity contribution is -0.137. The Hall–Kier alpha value is -1.69. The Balaban J connectivity index is 2.76. The van der Waals surface area contributed by atoms with Crippen LogP contribution in [-0.4, -0.2) is 45.4 Å². The molecule has 1 aromatic rings. The molecule has 1 rings (SSSR count). The van der Waals surface area contributed by atoms with Gasteiger partial charge in [-0.05, 0) is 0 Å². The van der Waals surface area contributed by atoms with Crippen LogP contribution in [0.2, 0.25) is 5.15 Å². The topological polar surface area (TPSA) is 83.4 Å². The van der Waals surface area contributed by atoms with Crippen molar-refractivity contribution in [1.29, 1.82) is 0 Å². The molecule has 0 saturated carbocycles. The van der Waals surface area contributed by atoms with Gasteiger partial charge in [-0.2, -0.15) is 0 Å². The zero-order valence-electron chi connectivity index (χ0n) is 7.85. The number of carboxylic acid groups (broad SMARTS) is 1. The predicted molar refractivity (Wildman–Crippen MR) is 51.6 cm³/mol. The van der Waals surface area contributed by atoms with Crippen LogP contribution >= 0.6 is 11.6 Å². The first-order valence-electron chi connectivity index (χ1n) is 3.95. The average Bonchev–Trinajstić information content (AvgIpc) is 2.17. The van der Waals surface area contributed by atoms with Gasteiger partial charge < -0.3 is 10.0 Å². The van der Waals surface area contributed by atoms with Crippen molar-refractivity contribution >= 4 is 23.5 Å². The molecule has 1 N–H and O–H groups in total. The van der Waals surface area contributed by atoms with Gasteiger partial charge in [-0.1, -0.05) is 11.6 Å². The summed E-state index contributed by atoms with van der Waals surface area (Å²) in [6.07, 6.45) is 2.42. The van der Waals surface area contributed by atoms with Gasteiger partial charge in [0.25, 0.3) is 5.91 Å². The van der Waals surface area contributed by atoms with Crippen molar-refractivity contribution in [2.75, 3.05) is 13.6 Å². The largest absolute Gasteiger partial charge is 0.480 e. The van der Waals surface area contributed by atoms with Crippen molar-refractivity contribution in [3.05, 3.63) is 23.2 Å². The Morgan fingerprint density at radius 2 is 2.13 bits per heavy atom. The fourth-order valence-electron chi connectivity index (χ4n) is 0.893. The second-order valence-electron chi connectivity index (χ2n) is 2.78. The highest BCUT2D eigenvalue weighted by Crippen LogP contribution is 2.03. The number of halogens is 1. The number of carbonyl (C=O) groups excluding carboxylic acids is 1. The molecule has 0 aliphatic rings. The van der Waals surface area contributed by atoms with Gasteiger partial charge in [0.15, 0.2) is 0 Å². The Bertz CT molecular complexity index is 379. The van der Waals surface area contributed by atoms with Gasteiger partial charge in [0.05, 0.1) is 12.4 Å². The van der Waals surface area contributed by atoms with E-state index in [1.807, 2.05) is 0 Å². The molecule has 1 amide bonds. The standard InChI is InChI=1S/C8H8ClN3O3/c1-12(4-7(13)14)8(15)5-2-11-6(9)3-10-5/h2-3H,4H2,1H3,(H,13,14). The fourth-order valence-corrected chi connectivity index (χ4v) is 0.991. The Morgan fingerprint density at radius 3 is 2.60 bits per heavy atom. The van der Waals surface area contributed by atoms with Crippen LogP contribution in [0.5, 0.6) is 0 Å². The van der Waals surface area contributed by atoms with Crippen molar-refractivity contribution in [1.82, 2.24) is 14.9 Å². The van der Waals surface area contributed by atoms with E-state index in [0.717, 1.165) is 4.90 Å². The van der Waals surface area contributed by atoms with Crippen LogP contribution < -0.4 is 0 Å². The lowest BCUT2D eigenvalue weighted by atomic mass is 10.4. The number of carbonyl (C=O) groups is 2. The smallest absolute Gasteiger partial charge is 0.323 e. The number of hydrogen-bond donors (Lipinski definition) is 1. The van der Waals surface area contributed by atoms with Crippen LogP contribution in [-0.2, 0) is 4.79 Å². The van der Waals surface area contributed by atoms with E-state index in [0.29, 0.717) is 0 Å². The van der Waals surface area contributed by atoms with E-state index in [2.05, 4.69) is 9.97 Å². The molecular weight excluding hydrogens is 222 g/mol. The molecule has 1 heterocycles. The molecule has 0 spiro atoms. The van der Waals surface area contributed by atoms with E-state index in [1.54, 1.807) is 0 Å². The monoisotopic (exact) mass is 229 g/mol. The quantitative estimate of drug-likeness (QED) is 0.805. The first-order chi connectivity index (χ1) is 7.00. The number of aromatic nitrogens is 2. The van der Waals surface area contributed by atoms with E-state index < -0.39 is 11.9 Å². The van der Waals surface area contributed by atoms with Gasteiger partial charge in [0.1, 0.15) is 17.4 Å². The summed E-state index contributed by atoms with van der Waals surface area (Å²) in [7, 11) is 1.37. The normalized spacial score (nSPS) is 9.73. The minimum atomic E-state index is -1.09. The molecule has 0 aliphatic carbocycles. The summed E-state index contributed by atoms with van der Waals surface area (Å²) in [6, 6.07) is 0. The minimum Gasteiger partial charge on any atom is -0.480 e. The maximum atomic E-state index is 11.5. The number of nitrogens with zero attached hydrogens (tertiary/aromatic N) is 3. The SMILES string of the molecule is CN(CC(=O)O)C(=O)c1cnc(Cl)cn1. The summed E-state index contributed by atoms with van der Waals surface area (Å²) in [5, 5.41) is 8.65. The van der Waals surface area contributed by atoms with E-state index in [4.69, 9.17) is 16.7 Å². The van der Waals surface area contributed by atoms with Gasteiger partial charge in [-0.3, -0.25) is 9.59 Å². The van der Waals surface area contributed by atoms with Crippen LogP contribution in [0.3, 0.4) is 0 Å². The molecular formula is C8H8ClN3O3. The molecule has 0 unspecified atom stereocenters. The Kier molecular flexibility index (Phi) is 3.56. The van der Waals surface area contributed by atoms with Crippen LogP contribution in [0, 0.1) is 0 Å². The van der Waals surface area contributed by atoms with Crippen LogP contribution in [0.25, 0.3) is 0 Å². The third-order valence-corrected chi connectivity index (χ3v) is 1.75. The van der Waals surface area contributed by atoms with Crippen molar-refractivity contribution < 1.29 is 14.7 Å². The number of likely N-dealkylation sites (N-methyl/N-ethyl adjacent to an activating group) is 1. The number of carboxylic acids is 1. The molecule has 1 aromatic heterocycles. The van der Waals surface area contributed by atoms with Gasteiger partial charge >= 0.3 is 5.97 Å². The molecule has 6 nitrogen and oxygen atoms in total. The Labute approximate surface area is 90.5 Å². The minimum absolute atomic E-state index is 0.0585. The summed E-state index contributed by atoms with van der Waals surface area (Å²) in [4.78, 5) is 30.3. The third-order valence-electron chi connectivity index (χ3n) is 1.56. The molecule has 15 heavy (non-hydrogen) atoms. The molecule has 0 saturated heterocycles. The zero-order valence-corrected chi connectivity index (χ0v) is 8.60. The summed E-state index contributed by atoms with van der Waals surface area (Å²) in [5.74, 6) is -1.60. The molecule has 0 aliphatic heterocycles. The molecule has 0 atom stereocenters. The summed E-state index contributed by atoms with van der Waals surface area (Å²) in [5.41, 5.74) is 0.0585. The van der Waals surface area contributed by atoms with Gasteiger partial charge in [-0.15, -0.1) is 0 Å². The van der Waals surface area contributed by atoms with Crippen molar-refractivity contribution in [2.45, 2.75) is 0 Å². The highest BCUT2D eigenvalue weighted by molar-refractivity contribution is 6.29. The fraction of sp³-hybridized carbons (Fsp3) is 0.250. The molecule has 0 radical (unpaired) electrons. The predicted octanol–water partition coefficient (Wildman–Crippen LogP) is 0.287. The second-order valence-corrected chi connectivity index (χ2v) is 3.17. The van der Waals surface area contributed by atoms with Gasteiger partial charge in [0.2, 0.25) is 0 Å². The summed E-state index contributed by atoms with van der Waals surface area (Å²) >= 11 is 5.49. The van der Waals surface area contributed by atoms with E-state index in [1.165, 1.54) is 19.4 Å². The first kappa shape index (κ1) is 11.4. The number of rotatable bonds is 3. The molecule has 0 bridgehead atoms. The molecule has 0 fully saturated rings. The van der Waals surface area contributed by atoms with Crippen molar-refractivity contribution in [3.63, 3.8) is 0 Å². The van der Waals surface area contributed by atoms with Crippen LogP contribution in [0.15, 0.2) is 12.4 Å². The van der Waals surface area contributed by atoms with Crippen LogP contribution in [0.4, 0.5) is 0 Å². The number of hydrogen-bond acceptors (Lipinski definition) is 4. The molecule has 80 valence electrons. The summed E-state index contributed by atoms with van der Waals surface area (Å²) < 4.78 is 0. The summed E-state index contributed by atoms with van der Waals surface area (Å²) in [6.45, 7) is -0.386. The second kappa shape index (κ2) is 4.70. The highest BCUT2D eigenvalue weighted by Gasteiger charge is 2.15. The van der Waals surface area contributed by atoms with Crippen molar-refractivity contribution in [2.24, 2.45) is 0 Å². The zero-order chi connectivity index (χ0) is 11.4. The third kappa shape index (κ3) is 3.17. The maximum absolute atomic E-state index is 11.5. The average molecular weight is 230 g/mol. The molecule has 0 aromatic carbocycles. The van der Waals surface area contributed by atoms with E-state index in [-0.39, 0.29) is 17.4 Å². The highest BCUT2D eigenvalue weighted by atomic mass is 35.5. The van der Waals surface area contributed by atoms with Crippen LogP contribution in [0.1, 0.15) is 10.5 Å². The lowest BCUT2D eigenvalue weighted by Gasteiger charge is -2.13. The lowest BCUT2D eigenvalue weighted by Crippen LogP contribution is -2.32. The van der Waals surface area contributed by atoms with Crippen molar-refractivity contribution in [3.8, 4) is 0 Å². The molecule has 7 heteroatoms. The number of aliphatic carboxylic acids is 1.